The lowest BCUT2D eigenvalue weighted by Gasteiger charge is -2.05. The topological polar surface area (TPSA) is 66.7 Å². The number of sulfonamides is 1. The van der Waals surface area contributed by atoms with Crippen molar-refractivity contribution in [2.75, 3.05) is 0 Å². The third kappa shape index (κ3) is 2.98. The highest BCUT2D eigenvalue weighted by atomic mass is 32.2. The average Bonchev–Trinajstić information content (AvgIpc) is 2.56. The maximum absolute atomic E-state index is 13.2. The van der Waals surface area contributed by atoms with Crippen molar-refractivity contribution in [2.24, 2.45) is 4.40 Å². The number of rotatable bonds is 3. The summed E-state index contributed by atoms with van der Waals surface area (Å²) in [5.41, 5.74) is 0.222. The summed E-state index contributed by atoms with van der Waals surface area (Å²) in [6, 6.07) is 12.4. The Morgan fingerprint density at radius 2 is 1.71 bits per heavy atom. The molecule has 3 rings (SSSR count). The molecule has 0 aliphatic rings. The van der Waals surface area contributed by atoms with Crippen LogP contribution in [0.5, 0.6) is 5.75 Å². The smallest absolute Gasteiger partial charge is 0.282 e. The van der Waals surface area contributed by atoms with E-state index in [1.807, 2.05) is 0 Å². The Labute approximate surface area is 136 Å². The summed E-state index contributed by atoms with van der Waals surface area (Å²) in [5.74, 6) is -2.57. The summed E-state index contributed by atoms with van der Waals surface area (Å²) in [5, 5.41) is 11.4. The van der Waals surface area contributed by atoms with Gasteiger partial charge in [0.25, 0.3) is 10.0 Å². The van der Waals surface area contributed by atoms with E-state index < -0.39 is 26.6 Å². The van der Waals surface area contributed by atoms with Gasteiger partial charge in [-0.15, -0.1) is 0 Å². The fourth-order valence-electron chi connectivity index (χ4n) is 2.24. The number of fused-ring (bicyclic) bond motifs is 1. The van der Waals surface area contributed by atoms with Crippen LogP contribution in [0.3, 0.4) is 0 Å². The van der Waals surface area contributed by atoms with E-state index in [0.717, 1.165) is 17.7 Å². The highest BCUT2D eigenvalue weighted by molar-refractivity contribution is 7.90. The van der Waals surface area contributed by atoms with Gasteiger partial charge in [-0.2, -0.15) is 12.8 Å². The highest BCUT2D eigenvalue weighted by Crippen LogP contribution is 2.26. The molecular formula is C17H11F2NO3S. The minimum absolute atomic E-state index is 0.141. The molecule has 0 bridgehead atoms. The molecule has 0 aliphatic carbocycles. The number of aromatic hydroxyl groups is 1. The minimum Gasteiger partial charge on any atom is -0.507 e. The first-order valence-corrected chi connectivity index (χ1v) is 8.28. The van der Waals surface area contributed by atoms with Gasteiger partial charge in [-0.05, 0) is 35.0 Å². The van der Waals surface area contributed by atoms with Crippen LogP contribution in [0.2, 0.25) is 0 Å². The van der Waals surface area contributed by atoms with Crippen molar-refractivity contribution in [3.8, 4) is 5.75 Å². The predicted octanol–water partition coefficient (Wildman–Crippen LogP) is 3.63. The number of phenols is 1. The number of phenolic OH excluding ortho intramolecular Hbond substituents is 1. The lowest BCUT2D eigenvalue weighted by atomic mass is 10.0. The SMILES string of the molecule is O=S(=O)(N=Cc1c(O)ccc2ccccc12)c1ccc(F)c(F)c1. The summed E-state index contributed by atoms with van der Waals surface area (Å²) in [6.07, 6.45) is 0.994. The van der Waals surface area contributed by atoms with E-state index >= 15 is 0 Å². The van der Waals surface area contributed by atoms with Gasteiger partial charge in [0, 0.05) is 5.56 Å². The molecule has 3 aromatic carbocycles. The molecule has 4 nitrogen and oxygen atoms in total. The van der Waals surface area contributed by atoms with Crippen LogP contribution < -0.4 is 0 Å². The van der Waals surface area contributed by atoms with Crippen molar-refractivity contribution in [1.29, 1.82) is 0 Å². The molecule has 0 saturated carbocycles. The lowest BCUT2D eigenvalue weighted by molar-refractivity contribution is 0.475. The van der Waals surface area contributed by atoms with Crippen molar-refractivity contribution in [3.63, 3.8) is 0 Å². The van der Waals surface area contributed by atoms with Crippen LogP contribution >= 0.6 is 0 Å². The van der Waals surface area contributed by atoms with Crippen molar-refractivity contribution in [3.05, 3.63) is 71.8 Å². The van der Waals surface area contributed by atoms with Crippen LogP contribution in [0.4, 0.5) is 8.78 Å². The zero-order valence-electron chi connectivity index (χ0n) is 12.1. The molecule has 0 amide bonds. The molecule has 3 aromatic rings. The number of halogens is 2. The van der Waals surface area contributed by atoms with Crippen LogP contribution in [0.25, 0.3) is 10.8 Å². The molecule has 0 aromatic heterocycles. The summed E-state index contributed by atoms with van der Waals surface area (Å²) >= 11 is 0. The Morgan fingerprint density at radius 3 is 2.46 bits per heavy atom. The minimum atomic E-state index is -4.23. The molecule has 0 spiro atoms. The standard InChI is InChI=1S/C17H11F2NO3S/c18-15-7-6-12(9-16(15)19)24(22,23)20-10-14-13-4-2-1-3-11(13)5-8-17(14)21/h1-10,21H. The predicted molar refractivity (Wildman–Crippen MR) is 86.8 cm³/mol. The molecule has 0 unspecified atom stereocenters. The first-order chi connectivity index (χ1) is 11.4. The van der Waals surface area contributed by atoms with Gasteiger partial charge < -0.3 is 5.11 Å². The second kappa shape index (κ2) is 6.01. The molecule has 0 radical (unpaired) electrons. The average molecular weight is 347 g/mol. The lowest BCUT2D eigenvalue weighted by Crippen LogP contribution is -2.00. The van der Waals surface area contributed by atoms with E-state index in [1.165, 1.54) is 6.07 Å². The third-order valence-corrected chi connectivity index (χ3v) is 4.69. The summed E-state index contributed by atoms with van der Waals surface area (Å²) < 4.78 is 53.9. The van der Waals surface area contributed by atoms with Crippen LogP contribution in [0, 0.1) is 11.6 Å². The van der Waals surface area contributed by atoms with Gasteiger partial charge in [-0.25, -0.2) is 8.78 Å². The number of benzene rings is 3. The van der Waals surface area contributed by atoms with Gasteiger partial charge in [0.1, 0.15) is 5.75 Å². The van der Waals surface area contributed by atoms with Gasteiger partial charge in [0.05, 0.1) is 11.1 Å². The number of nitrogens with zero attached hydrogens (tertiary/aromatic N) is 1. The number of hydrogen-bond acceptors (Lipinski definition) is 3. The van der Waals surface area contributed by atoms with Crippen molar-refractivity contribution >= 4 is 27.0 Å². The number of hydrogen-bond donors (Lipinski definition) is 1. The first-order valence-electron chi connectivity index (χ1n) is 6.84. The molecule has 0 aliphatic heterocycles. The molecule has 7 heteroatoms. The Hall–Kier alpha value is -2.80. The van der Waals surface area contributed by atoms with Crippen molar-refractivity contribution in [2.45, 2.75) is 4.90 Å². The maximum Gasteiger partial charge on any atom is 0.282 e. The largest absolute Gasteiger partial charge is 0.507 e. The van der Waals surface area contributed by atoms with Gasteiger partial charge in [-0.1, -0.05) is 30.3 Å². The normalized spacial score (nSPS) is 12.1. The summed E-state index contributed by atoms with van der Waals surface area (Å²) in [4.78, 5) is -0.475. The molecule has 1 N–H and O–H groups in total. The van der Waals surface area contributed by atoms with Crippen LogP contribution in [0.15, 0.2) is 63.9 Å². The zero-order chi connectivity index (χ0) is 17.3. The molecular weight excluding hydrogens is 336 g/mol. The zero-order valence-corrected chi connectivity index (χ0v) is 13.0. The highest BCUT2D eigenvalue weighted by Gasteiger charge is 2.15. The Bertz CT molecular complexity index is 1060. The van der Waals surface area contributed by atoms with E-state index in [9.17, 15) is 22.3 Å². The molecule has 0 fully saturated rings. The fourth-order valence-corrected chi connectivity index (χ4v) is 3.10. The van der Waals surface area contributed by atoms with E-state index in [1.54, 1.807) is 30.3 Å². The van der Waals surface area contributed by atoms with Gasteiger partial charge in [-0.3, -0.25) is 0 Å². The van der Waals surface area contributed by atoms with Gasteiger partial charge in [0.2, 0.25) is 0 Å². The molecule has 24 heavy (non-hydrogen) atoms. The van der Waals surface area contributed by atoms with E-state index in [2.05, 4.69) is 4.40 Å². The second-order valence-corrected chi connectivity index (χ2v) is 6.64. The quantitative estimate of drug-likeness (QED) is 0.736. The van der Waals surface area contributed by atoms with E-state index in [0.29, 0.717) is 17.5 Å². The summed E-state index contributed by atoms with van der Waals surface area (Å²) in [6.45, 7) is 0. The first kappa shape index (κ1) is 16.1. The molecule has 122 valence electrons. The molecule has 0 atom stereocenters. The Kier molecular flexibility index (Phi) is 4.02. The third-order valence-electron chi connectivity index (χ3n) is 3.46. The van der Waals surface area contributed by atoms with Gasteiger partial charge >= 0.3 is 0 Å². The van der Waals surface area contributed by atoms with Gasteiger partial charge in [0.15, 0.2) is 11.6 Å². The monoisotopic (exact) mass is 347 g/mol. The molecule has 0 heterocycles. The van der Waals surface area contributed by atoms with Crippen LogP contribution in [-0.2, 0) is 10.0 Å². The van der Waals surface area contributed by atoms with E-state index in [4.69, 9.17) is 0 Å². The summed E-state index contributed by atoms with van der Waals surface area (Å²) in [7, 11) is -4.23. The fraction of sp³-hybridized carbons (Fsp3) is 0. The van der Waals surface area contributed by atoms with E-state index in [-0.39, 0.29) is 11.3 Å². The van der Waals surface area contributed by atoms with Crippen LogP contribution in [-0.4, -0.2) is 19.7 Å². The maximum atomic E-state index is 13.2. The second-order valence-electron chi connectivity index (χ2n) is 5.00. The Balaban J connectivity index is 2.07. The van der Waals surface area contributed by atoms with Crippen molar-refractivity contribution < 1.29 is 22.3 Å². The van der Waals surface area contributed by atoms with Crippen LogP contribution in [0.1, 0.15) is 5.56 Å². The van der Waals surface area contributed by atoms with Crippen molar-refractivity contribution in [1.82, 2.24) is 0 Å². The Morgan fingerprint density at radius 1 is 0.958 bits per heavy atom. The molecule has 0 saturated heterocycles.